The third-order valence-corrected chi connectivity index (χ3v) is 9.39. The molecule has 8 radical (unpaired) electrons. The van der Waals surface area contributed by atoms with Crippen molar-refractivity contribution in [3.05, 3.63) is 58.5 Å². The van der Waals surface area contributed by atoms with Crippen LogP contribution in [0.15, 0.2) is 41.4 Å². The van der Waals surface area contributed by atoms with Crippen LogP contribution in [0.5, 0.6) is 5.75 Å². The Morgan fingerprint density at radius 2 is 1.70 bits per heavy atom. The molecular weight excluding hydrogens is 584 g/mol. The van der Waals surface area contributed by atoms with Crippen LogP contribution in [0.4, 0.5) is 27.5 Å². The van der Waals surface area contributed by atoms with Crippen LogP contribution in [-0.2, 0) is 9.84 Å². The summed E-state index contributed by atoms with van der Waals surface area (Å²) in [6, 6.07) is 7.22. The van der Waals surface area contributed by atoms with Crippen molar-refractivity contribution in [1.82, 2.24) is 15.3 Å². The molecule has 0 spiro atoms. The van der Waals surface area contributed by atoms with Gasteiger partial charge < -0.3 is 20.7 Å². The van der Waals surface area contributed by atoms with E-state index in [2.05, 4.69) is 25.9 Å². The molecule has 0 atom stereocenters. The summed E-state index contributed by atoms with van der Waals surface area (Å²) in [5.41, 5.74) is 2.53. The second-order valence-electron chi connectivity index (χ2n) is 11.6. The number of halogens is 2. The van der Waals surface area contributed by atoms with Crippen molar-refractivity contribution in [2.24, 2.45) is 0 Å². The number of benzene rings is 2. The first kappa shape index (κ1) is 33.2. The van der Waals surface area contributed by atoms with E-state index >= 15 is 0 Å². The predicted molar refractivity (Wildman–Crippen MR) is 173 cm³/mol. The van der Waals surface area contributed by atoms with Gasteiger partial charge in [-0.3, -0.25) is 0 Å². The van der Waals surface area contributed by atoms with Crippen LogP contribution in [0, 0.1) is 12.7 Å². The summed E-state index contributed by atoms with van der Waals surface area (Å²) in [6.45, 7) is 8.77. The maximum absolute atomic E-state index is 14.1. The van der Waals surface area contributed by atoms with E-state index in [1.807, 2.05) is 32.9 Å². The summed E-state index contributed by atoms with van der Waals surface area (Å²) < 4.78 is 46.1. The van der Waals surface area contributed by atoms with Gasteiger partial charge in [0.05, 0.1) is 65.2 Å². The zero-order valence-electron chi connectivity index (χ0n) is 24.7. The SMILES string of the molecule is [B]C1([B])CC(c2cc(OC(C)C)c(Nc3ncc(Cl)c(Nc4ccc(F)cc4S(=O)(=O)C(C)C)n3)cc2C)CC([B])([B])N1. The van der Waals surface area contributed by atoms with Crippen molar-refractivity contribution < 1.29 is 17.5 Å². The fraction of sp³-hybridized carbons (Fsp3) is 0.429. The molecule has 43 heavy (non-hydrogen) atoms. The summed E-state index contributed by atoms with van der Waals surface area (Å²) in [7, 11) is 21.0. The molecule has 1 aromatic heterocycles. The lowest BCUT2D eigenvalue weighted by Gasteiger charge is -2.49. The number of aromatic nitrogens is 2. The summed E-state index contributed by atoms with van der Waals surface area (Å²) in [5.74, 6) is -0.0514. The maximum Gasteiger partial charge on any atom is 0.229 e. The Labute approximate surface area is 263 Å². The Bertz CT molecular complexity index is 1610. The van der Waals surface area contributed by atoms with Crippen LogP contribution in [-0.4, -0.2) is 71.8 Å². The van der Waals surface area contributed by atoms with Crippen molar-refractivity contribution in [1.29, 1.82) is 0 Å². The lowest BCUT2D eigenvalue weighted by molar-refractivity contribution is 0.243. The number of nitrogens with zero attached hydrogens (tertiary/aromatic N) is 2. The van der Waals surface area contributed by atoms with Crippen molar-refractivity contribution in [3.8, 4) is 5.75 Å². The van der Waals surface area contributed by atoms with Crippen LogP contribution in [0.2, 0.25) is 5.02 Å². The summed E-state index contributed by atoms with van der Waals surface area (Å²) in [6.07, 6.45) is 1.98. The number of ether oxygens (including phenoxy) is 1. The van der Waals surface area contributed by atoms with Crippen molar-refractivity contribution >= 4 is 76.0 Å². The van der Waals surface area contributed by atoms with Crippen LogP contribution in [0.1, 0.15) is 57.6 Å². The molecular formula is C28H31B4ClFN5O3S. The third-order valence-electron chi connectivity index (χ3n) is 6.92. The van der Waals surface area contributed by atoms with Crippen molar-refractivity contribution in [2.75, 3.05) is 10.6 Å². The average Bonchev–Trinajstić information content (AvgIpc) is 2.86. The average molecular weight is 615 g/mol. The first-order valence-electron chi connectivity index (χ1n) is 13.7. The number of hydrogen-bond donors (Lipinski definition) is 3. The standard InChI is InChI=1S/C28H31B4ClFN5O3S/c1-14(2)42-23-10-19(17-11-27(29,30)39-28(31,32)12-17)16(5)8-22(23)37-26-35-13-20(33)25(38-26)36-21-7-6-18(34)9-24(21)43(40,41)15(3)4/h6-10,13-15,17,39H,11-12H2,1-5H3,(H2,35,36,37,38). The molecule has 3 N–H and O–H groups in total. The molecule has 0 bridgehead atoms. The Morgan fingerprint density at radius 3 is 2.30 bits per heavy atom. The molecule has 0 unspecified atom stereocenters. The normalized spacial score (nSPS) is 16.8. The van der Waals surface area contributed by atoms with Gasteiger partial charge in [0, 0.05) is 0 Å². The van der Waals surface area contributed by atoms with Gasteiger partial charge >= 0.3 is 0 Å². The largest absolute Gasteiger partial charge is 0.489 e. The fourth-order valence-corrected chi connectivity index (χ4v) is 6.44. The summed E-state index contributed by atoms with van der Waals surface area (Å²) >= 11 is 6.38. The van der Waals surface area contributed by atoms with Gasteiger partial charge in [0.25, 0.3) is 0 Å². The molecule has 4 rings (SSSR count). The van der Waals surface area contributed by atoms with E-state index in [0.717, 1.165) is 23.3 Å². The van der Waals surface area contributed by atoms with Crippen LogP contribution in [0.3, 0.4) is 0 Å². The zero-order valence-corrected chi connectivity index (χ0v) is 26.3. The zero-order chi connectivity index (χ0) is 31.9. The van der Waals surface area contributed by atoms with Gasteiger partial charge in [0.2, 0.25) is 5.95 Å². The molecule has 3 aromatic rings. The number of sulfone groups is 1. The molecule has 0 aliphatic carbocycles. The summed E-state index contributed by atoms with van der Waals surface area (Å²) in [5, 5.41) is 5.81. The molecule has 0 saturated carbocycles. The van der Waals surface area contributed by atoms with Crippen molar-refractivity contribution in [3.63, 3.8) is 0 Å². The minimum atomic E-state index is -3.83. The van der Waals surface area contributed by atoms with E-state index in [-0.39, 0.29) is 39.4 Å². The van der Waals surface area contributed by atoms with Gasteiger partial charge in [-0.25, -0.2) is 17.8 Å². The van der Waals surface area contributed by atoms with Gasteiger partial charge in [0.15, 0.2) is 15.7 Å². The van der Waals surface area contributed by atoms with Gasteiger partial charge in [-0.1, -0.05) is 22.3 Å². The van der Waals surface area contributed by atoms with Gasteiger partial charge in [-0.05, 0) is 94.8 Å². The highest BCUT2D eigenvalue weighted by atomic mass is 35.5. The Balaban J connectivity index is 1.70. The first-order valence-corrected chi connectivity index (χ1v) is 15.7. The molecule has 1 saturated heterocycles. The lowest BCUT2D eigenvalue weighted by atomic mass is 9.46. The predicted octanol–water partition coefficient (Wildman–Crippen LogP) is 4.48. The lowest BCUT2D eigenvalue weighted by Crippen LogP contribution is -2.64. The molecule has 0 amide bonds. The fourth-order valence-electron chi connectivity index (χ4n) is 5.09. The topological polar surface area (TPSA) is 105 Å². The van der Waals surface area contributed by atoms with Gasteiger partial charge in [-0.2, -0.15) is 4.98 Å². The van der Waals surface area contributed by atoms with E-state index < -0.39 is 31.6 Å². The molecule has 15 heteroatoms. The second kappa shape index (κ2) is 12.4. The number of piperidine rings is 1. The van der Waals surface area contributed by atoms with E-state index in [4.69, 9.17) is 47.7 Å². The number of aryl methyl sites for hydroxylation is 1. The third kappa shape index (κ3) is 7.88. The quantitative estimate of drug-likeness (QED) is 0.303. The van der Waals surface area contributed by atoms with Crippen LogP contribution < -0.4 is 20.7 Å². The first-order chi connectivity index (χ1) is 19.9. The van der Waals surface area contributed by atoms with E-state index in [0.29, 0.717) is 24.3 Å². The summed E-state index contributed by atoms with van der Waals surface area (Å²) in [4.78, 5) is 8.55. The number of rotatable bonds is 9. The molecule has 8 nitrogen and oxygen atoms in total. The minimum Gasteiger partial charge on any atom is -0.489 e. The molecule has 1 fully saturated rings. The number of nitrogens with one attached hydrogen (secondary N) is 3. The van der Waals surface area contributed by atoms with E-state index in [1.165, 1.54) is 26.1 Å². The Kier molecular flexibility index (Phi) is 9.55. The van der Waals surface area contributed by atoms with Gasteiger partial charge in [0.1, 0.15) is 16.6 Å². The van der Waals surface area contributed by atoms with Gasteiger partial charge in [-0.15, -0.1) is 0 Å². The highest BCUT2D eigenvalue weighted by Crippen LogP contribution is 2.41. The maximum atomic E-state index is 14.1. The Hall–Kier alpha value is -2.69. The Morgan fingerprint density at radius 1 is 1.05 bits per heavy atom. The molecule has 218 valence electrons. The monoisotopic (exact) mass is 615 g/mol. The number of anilines is 4. The molecule has 2 heterocycles. The minimum absolute atomic E-state index is 0.116. The highest BCUT2D eigenvalue weighted by Gasteiger charge is 2.37. The number of hydrogen-bond acceptors (Lipinski definition) is 8. The van der Waals surface area contributed by atoms with Crippen molar-refractivity contribution in [2.45, 2.75) is 80.3 Å². The van der Waals surface area contributed by atoms with Crippen LogP contribution >= 0.6 is 11.6 Å². The molecule has 1 aliphatic heterocycles. The molecule has 1 aliphatic rings. The van der Waals surface area contributed by atoms with E-state index in [9.17, 15) is 12.8 Å². The van der Waals surface area contributed by atoms with E-state index in [1.54, 1.807) is 0 Å². The van der Waals surface area contributed by atoms with Crippen LogP contribution in [0.25, 0.3) is 0 Å². The molecule has 2 aromatic carbocycles. The smallest absolute Gasteiger partial charge is 0.229 e. The highest BCUT2D eigenvalue weighted by molar-refractivity contribution is 7.92. The second-order valence-corrected chi connectivity index (χ2v) is 14.4.